The standard InChI is InChI=1S/C19H15ClN2O4/c20-14-8-11(9-16(23)17(14)24)18-21-15-6-2-1-5-13(15)19(25)22(18)10-12-4-3-7-26-12/h1-9,18,21,23-24H,10H2. The molecule has 0 saturated carbocycles. The molecule has 6 nitrogen and oxygen atoms in total. The largest absolute Gasteiger partial charge is 0.504 e. The average Bonchev–Trinajstić information content (AvgIpc) is 3.15. The van der Waals surface area contributed by atoms with Gasteiger partial charge in [0.15, 0.2) is 11.5 Å². The maximum absolute atomic E-state index is 13.1. The van der Waals surface area contributed by atoms with Crippen LogP contribution in [0.25, 0.3) is 0 Å². The number of carbonyl (C=O) groups excluding carboxylic acids is 1. The second kappa shape index (κ2) is 6.31. The summed E-state index contributed by atoms with van der Waals surface area (Å²) in [6.07, 6.45) is 0.954. The van der Waals surface area contributed by atoms with Gasteiger partial charge in [0.2, 0.25) is 0 Å². The molecule has 1 amide bonds. The third-order valence-electron chi connectivity index (χ3n) is 4.31. The molecule has 1 unspecified atom stereocenters. The van der Waals surface area contributed by atoms with Crippen LogP contribution in [-0.2, 0) is 6.54 Å². The highest BCUT2D eigenvalue weighted by Crippen LogP contribution is 2.40. The van der Waals surface area contributed by atoms with E-state index in [1.807, 2.05) is 12.1 Å². The number of benzene rings is 2. The second-order valence-electron chi connectivity index (χ2n) is 5.98. The molecule has 0 fully saturated rings. The highest BCUT2D eigenvalue weighted by molar-refractivity contribution is 6.32. The van der Waals surface area contributed by atoms with E-state index < -0.39 is 11.9 Å². The first-order chi connectivity index (χ1) is 12.5. The Morgan fingerprint density at radius 1 is 1.15 bits per heavy atom. The van der Waals surface area contributed by atoms with Crippen molar-refractivity contribution in [2.24, 2.45) is 0 Å². The summed E-state index contributed by atoms with van der Waals surface area (Å²) in [5.74, 6) is -0.294. The van der Waals surface area contributed by atoms with Crippen molar-refractivity contribution in [3.63, 3.8) is 0 Å². The third-order valence-corrected chi connectivity index (χ3v) is 4.60. The number of rotatable bonds is 3. The molecule has 0 aliphatic carbocycles. The second-order valence-corrected chi connectivity index (χ2v) is 6.38. The fourth-order valence-electron chi connectivity index (χ4n) is 3.05. The minimum atomic E-state index is -0.591. The van der Waals surface area contributed by atoms with Crippen molar-refractivity contribution in [3.05, 3.63) is 76.7 Å². The van der Waals surface area contributed by atoms with Crippen LogP contribution in [0.1, 0.15) is 27.8 Å². The van der Waals surface area contributed by atoms with E-state index in [0.29, 0.717) is 22.6 Å². The molecule has 3 N–H and O–H groups in total. The fraction of sp³-hybridized carbons (Fsp3) is 0.105. The Bertz CT molecular complexity index is 948. The summed E-state index contributed by atoms with van der Waals surface area (Å²) in [5, 5.41) is 22.9. The number of hydrogen-bond acceptors (Lipinski definition) is 5. The van der Waals surface area contributed by atoms with E-state index in [1.54, 1.807) is 35.4 Å². The third kappa shape index (κ3) is 2.74. The average molecular weight is 371 g/mol. The van der Waals surface area contributed by atoms with Gasteiger partial charge in [-0.15, -0.1) is 0 Å². The molecule has 26 heavy (non-hydrogen) atoms. The van der Waals surface area contributed by atoms with Crippen molar-refractivity contribution in [1.29, 1.82) is 0 Å². The zero-order chi connectivity index (χ0) is 18.3. The molecule has 1 aliphatic heterocycles. The van der Waals surface area contributed by atoms with Crippen molar-refractivity contribution in [2.75, 3.05) is 5.32 Å². The first-order valence-electron chi connectivity index (χ1n) is 7.95. The molecule has 0 radical (unpaired) electrons. The lowest BCUT2D eigenvalue weighted by Gasteiger charge is -2.37. The highest BCUT2D eigenvalue weighted by Gasteiger charge is 2.34. The van der Waals surface area contributed by atoms with Crippen molar-refractivity contribution in [3.8, 4) is 11.5 Å². The number of anilines is 1. The number of phenolic OH excluding ortho intramolecular Hbond substituents is 2. The number of amides is 1. The summed E-state index contributed by atoms with van der Waals surface area (Å²) < 4.78 is 5.39. The van der Waals surface area contributed by atoms with Gasteiger partial charge in [0.1, 0.15) is 11.9 Å². The number of nitrogens with zero attached hydrogens (tertiary/aromatic N) is 1. The summed E-state index contributed by atoms with van der Waals surface area (Å²) >= 11 is 6.01. The zero-order valence-corrected chi connectivity index (χ0v) is 14.3. The molecule has 132 valence electrons. The Morgan fingerprint density at radius 3 is 2.69 bits per heavy atom. The SMILES string of the molecule is O=C1c2ccccc2NC(c2cc(O)c(O)c(Cl)c2)N1Cc1ccco1. The first kappa shape index (κ1) is 16.4. The summed E-state index contributed by atoms with van der Waals surface area (Å²) in [7, 11) is 0. The van der Waals surface area contributed by atoms with Gasteiger partial charge in [-0.05, 0) is 36.4 Å². The zero-order valence-electron chi connectivity index (χ0n) is 13.5. The number of aromatic hydroxyl groups is 2. The Balaban J connectivity index is 1.80. The van der Waals surface area contributed by atoms with Gasteiger partial charge in [-0.1, -0.05) is 23.7 Å². The topological polar surface area (TPSA) is 85.9 Å². The molecule has 2 aromatic carbocycles. The Morgan fingerprint density at radius 2 is 1.96 bits per heavy atom. The normalized spacial score (nSPS) is 16.3. The van der Waals surface area contributed by atoms with Crippen LogP contribution in [0.3, 0.4) is 0 Å². The van der Waals surface area contributed by atoms with Gasteiger partial charge in [-0.2, -0.15) is 0 Å². The minimum absolute atomic E-state index is 0.00561. The van der Waals surface area contributed by atoms with E-state index in [0.717, 1.165) is 0 Å². The van der Waals surface area contributed by atoms with E-state index in [4.69, 9.17) is 16.0 Å². The number of halogens is 1. The van der Waals surface area contributed by atoms with Crippen LogP contribution in [0.15, 0.2) is 59.2 Å². The monoisotopic (exact) mass is 370 g/mol. The molecule has 0 saturated heterocycles. The summed E-state index contributed by atoms with van der Waals surface area (Å²) in [6.45, 7) is 0.233. The van der Waals surface area contributed by atoms with Crippen molar-refractivity contribution < 1.29 is 19.4 Å². The molecule has 2 heterocycles. The molecule has 0 bridgehead atoms. The van der Waals surface area contributed by atoms with E-state index in [2.05, 4.69) is 5.32 Å². The maximum atomic E-state index is 13.1. The molecule has 4 rings (SSSR count). The molecule has 3 aromatic rings. The van der Waals surface area contributed by atoms with Gasteiger partial charge in [-0.25, -0.2) is 0 Å². The van der Waals surface area contributed by atoms with Crippen LogP contribution in [0, 0.1) is 0 Å². The van der Waals surface area contributed by atoms with Crippen LogP contribution < -0.4 is 5.32 Å². The summed E-state index contributed by atoms with van der Waals surface area (Å²) in [5.41, 5.74) is 1.77. The first-order valence-corrected chi connectivity index (χ1v) is 8.32. The van der Waals surface area contributed by atoms with Crippen LogP contribution in [0.5, 0.6) is 11.5 Å². The molecule has 1 aliphatic rings. The Kier molecular flexibility index (Phi) is 3.97. The molecule has 0 spiro atoms. The van der Waals surface area contributed by atoms with Crippen LogP contribution >= 0.6 is 11.6 Å². The van der Waals surface area contributed by atoms with Gasteiger partial charge in [0.05, 0.1) is 23.4 Å². The number of hydrogen-bond donors (Lipinski definition) is 3. The lowest BCUT2D eigenvalue weighted by Crippen LogP contribution is -2.42. The van der Waals surface area contributed by atoms with Crippen molar-refractivity contribution >= 4 is 23.2 Å². The lowest BCUT2D eigenvalue weighted by atomic mass is 10.0. The number of phenols is 2. The van der Waals surface area contributed by atoms with Gasteiger partial charge >= 0.3 is 0 Å². The van der Waals surface area contributed by atoms with Gasteiger partial charge in [0, 0.05) is 11.3 Å². The van der Waals surface area contributed by atoms with Crippen LogP contribution in [-0.4, -0.2) is 21.0 Å². The van der Waals surface area contributed by atoms with Gasteiger partial charge < -0.3 is 24.8 Å². The predicted molar refractivity (Wildman–Crippen MR) is 96.2 cm³/mol. The number of fused-ring (bicyclic) bond motifs is 1. The molecule has 1 atom stereocenters. The van der Waals surface area contributed by atoms with Crippen LogP contribution in [0.4, 0.5) is 5.69 Å². The molecular formula is C19H15ClN2O4. The van der Waals surface area contributed by atoms with Crippen molar-refractivity contribution in [2.45, 2.75) is 12.7 Å². The maximum Gasteiger partial charge on any atom is 0.258 e. The van der Waals surface area contributed by atoms with E-state index >= 15 is 0 Å². The summed E-state index contributed by atoms with van der Waals surface area (Å²) in [4.78, 5) is 14.6. The van der Waals surface area contributed by atoms with E-state index in [1.165, 1.54) is 12.1 Å². The molecule has 1 aromatic heterocycles. The minimum Gasteiger partial charge on any atom is -0.504 e. The number of carbonyl (C=O) groups is 1. The molecule has 7 heteroatoms. The number of para-hydroxylation sites is 1. The molecular weight excluding hydrogens is 356 g/mol. The Labute approximate surface area is 154 Å². The van der Waals surface area contributed by atoms with Gasteiger partial charge in [-0.3, -0.25) is 4.79 Å². The summed E-state index contributed by atoms with van der Waals surface area (Å²) in [6, 6.07) is 13.6. The van der Waals surface area contributed by atoms with Crippen molar-refractivity contribution in [1.82, 2.24) is 4.90 Å². The Hall–Kier alpha value is -3.12. The quantitative estimate of drug-likeness (QED) is 0.604. The smallest absolute Gasteiger partial charge is 0.258 e. The number of nitrogens with one attached hydrogen (secondary N) is 1. The number of furan rings is 1. The van der Waals surface area contributed by atoms with Gasteiger partial charge in [0.25, 0.3) is 5.91 Å². The van der Waals surface area contributed by atoms with E-state index in [9.17, 15) is 15.0 Å². The highest BCUT2D eigenvalue weighted by atomic mass is 35.5. The predicted octanol–water partition coefficient (Wildman–Crippen LogP) is 4.11. The fourth-order valence-corrected chi connectivity index (χ4v) is 3.28. The van der Waals surface area contributed by atoms with Crippen LogP contribution in [0.2, 0.25) is 5.02 Å². The lowest BCUT2D eigenvalue weighted by molar-refractivity contribution is 0.0651. The van der Waals surface area contributed by atoms with E-state index in [-0.39, 0.29) is 23.2 Å².